The van der Waals surface area contributed by atoms with Crippen LogP contribution in [0.4, 0.5) is 0 Å². The Morgan fingerprint density at radius 3 is 1.30 bits per heavy atom. The van der Waals surface area contributed by atoms with Gasteiger partial charge in [-0.15, -0.1) is 0 Å². The summed E-state index contributed by atoms with van der Waals surface area (Å²) in [6, 6.07) is 89.0. The summed E-state index contributed by atoms with van der Waals surface area (Å²) >= 11 is 0. The van der Waals surface area contributed by atoms with E-state index in [2.05, 4.69) is 75.8 Å². The first-order valence-electron chi connectivity index (χ1n) is 31.1. The van der Waals surface area contributed by atoms with Gasteiger partial charge in [0.05, 0.1) is 57.3 Å². The second kappa shape index (κ2) is 36.6. The molecular weight excluding hydrogens is 1520 g/mol. The van der Waals surface area contributed by atoms with Crippen molar-refractivity contribution in [1.82, 2.24) is 38.6 Å². The minimum atomic E-state index is 0. The average Bonchev–Trinajstić information content (AvgIpc) is 1.49. The molecule has 14 nitrogen and oxygen atoms in total. The molecule has 0 aliphatic heterocycles. The van der Waals surface area contributed by atoms with Gasteiger partial charge in [-0.3, -0.25) is 14.5 Å². The summed E-state index contributed by atoms with van der Waals surface area (Å²) in [5.74, 6) is 4.12. The Labute approximate surface area is 649 Å². The molecule has 0 bridgehead atoms. The molecule has 0 aliphatic carbocycles. The van der Waals surface area contributed by atoms with Gasteiger partial charge in [0.15, 0.2) is 0 Å². The van der Waals surface area contributed by atoms with E-state index >= 15 is 0 Å². The summed E-state index contributed by atoms with van der Waals surface area (Å²) < 4.78 is 11.2. The van der Waals surface area contributed by atoms with Crippen molar-refractivity contribution in [2.75, 3.05) is 7.11 Å². The van der Waals surface area contributed by atoms with Crippen LogP contribution in [-0.2, 0) is 111 Å². The molecule has 0 saturated heterocycles. The zero-order valence-corrected chi connectivity index (χ0v) is 71.8. The molecule has 16 rings (SSSR count). The number of nitrogens with zero attached hydrogens (tertiary/aromatic N) is 8. The van der Waals surface area contributed by atoms with Crippen LogP contribution in [0.25, 0.3) is 117 Å². The molecule has 0 radical (unpaired) electrons. The Hall–Kier alpha value is -9.69. The van der Waals surface area contributed by atoms with Crippen molar-refractivity contribution in [3.8, 4) is 108 Å². The maximum absolute atomic E-state index is 10.3. The van der Waals surface area contributed by atoms with Gasteiger partial charge in [0, 0.05) is 151 Å². The number of imidazole rings is 3. The van der Waals surface area contributed by atoms with E-state index in [0.29, 0.717) is 11.0 Å². The first-order valence-corrected chi connectivity index (χ1v) is 31.1. The van der Waals surface area contributed by atoms with Gasteiger partial charge < -0.3 is 39.4 Å². The molecule has 5 heterocycles. The molecule has 0 aliphatic rings. The van der Waals surface area contributed by atoms with Crippen LogP contribution in [-0.4, -0.2) is 71.3 Å². The number of phenols is 5. The van der Waals surface area contributed by atoms with E-state index in [1.54, 1.807) is 55.9 Å². The zero-order valence-electron chi connectivity index (χ0n) is 57.0. The SMILES string of the molecule is COc1ccc(O)c2ncccc12.Cc1cccc(C)c1-c1ccc(O)c2ncccc12.Cn1c(-c2ccccc2O)nc(-c2ccccc2)c1-c1ccccc1.Cn1c(-c2ccccc2O)nc2ccccc21.Oc1ccccc1-c1nc2ccccc2n1-c1ccccc1.[Zn].[Zn].[Zn].[Zn].[Zn]. The van der Waals surface area contributed by atoms with Gasteiger partial charge in [-0.2, -0.15) is 0 Å². The number of phenolic OH excluding ortho intramolecular Hbond substituents is 5. The number of hydrogen-bond donors (Lipinski definition) is 5. The van der Waals surface area contributed by atoms with Crippen molar-refractivity contribution >= 4 is 43.9 Å². The summed E-state index contributed by atoms with van der Waals surface area (Å²) in [5.41, 5.74) is 17.3. The standard InChI is InChI=1S/C22H18N2O.C19H14N2O.C17H15NO.C14H12N2O.C10H9NO2.5Zn/c1-24-21(17-12-6-3-7-13-17)20(16-10-4-2-5-11-16)23-22(24)18-14-8-9-15-19(18)25;22-18-13-7-4-10-15(18)19-20-16-11-5-6-12-17(16)21(19)14-8-2-1-3-9-14;1-11-5-3-6-12(2)16(11)13-8-9-15(19)17-14(13)7-4-10-18-17;1-16-12-8-4-3-7-11(12)15-14(16)10-6-2-5-9-13(10)17;1-13-9-5-4-8(12)10-7(9)3-2-6-11-10;;;;;/h2-15,25H,1H3;1-13,22H;3-10,19H,1-2H3;2-9,17H,1H3;2-6,12H,1H3;;;;;. The van der Waals surface area contributed by atoms with Gasteiger partial charge in [0.1, 0.15) is 63.0 Å². The van der Waals surface area contributed by atoms with Crippen molar-refractivity contribution in [3.05, 3.63) is 303 Å². The van der Waals surface area contributed by atoms with E-state index in [4.69, 9.17) is 14.7 Å². The quantitative estimate of drug-likeness (QED) is 0.0911. The van der Waals surface area contributed by atoms with Crippen LogP contribution in [0.3, 0.4) is 0 Å². The van der Waals surface area contributed by atoms with Crippen molar-refractivity contribution in [3.63, 3.8) is 0 Å². The van der Waals surface area contributed by atoms with Crippen molar-refractivity contribution in [1.29, 1.82) is 0 Å². The molecular formula is C82H68N8O6Zn5. The van der Waals surface area contributed by atoms with E-state index in [-0.39, 0.29) is 126 Å². The molecule has 0 saturated carbocycles. The van der Waals surface area contributed by atoms with Gasteiger partial charge in [-0.25, -0.2) is 15.0 Å². The fourth-order valence-corrected chi connectivity index (χ4v) is 11.8. The number of rotatable bonds is 8. The third kappa shape index (κ3) is 17.4. The first-order chi connectivity index (χ1) is 46.9. The topological polar surface area (TPSA) is 190 Å². The average molecular weight is 1590 g/mol. The fraction of sp³-hybridized carbons (Fsp3) is 0.0610. The Balaban J connectivity index is 0.000000177. The molecule has 0 unspecified atom stereocenters. The van der Waals surface area contributed by atoms with Crippen molar-refractivity contribution in [2.45, 2.75) is 13.8 Å². The predicted octanol–water partition coefficient (Wildman–Crippen LogP) is 18.6. The van der Waals surface area contributed by atoms with E-state index < -0.39 is 0 Å². The first kappa shape index (κ1) is 78.6. The van der Waals surface area contributed by atoms with E-state index in [9.17, 15) is 25.5 Å². The Morgan fingerprint density at radius 2 is 0.762 bits per heavy atom. The molecule has 0 fully saturated rings. The molecule has 19 heteroatoms. The summed E-state index contributed by atoms with van der Waals surface area (Å²) in [6.45, 7) is 4.22. The van der Waals surface area contributed by atoms with Gasteiger partial charge >= 0.3 is 0 Å². The number of ether oxygens (including phenoxy) is 1. The molecule has 482 valence electrons. The van der Waals surface area contributed by atoms with Crippen LogP contribution < -0.4 is 4.74 Å². The monoisotopic (exact) mass is 1580 g/mol. The number of aromatic nitrogens is 8. The number of fused-ring (bicyclic) bond motifs is 4. The second-order valence-electron chi connectivity index (χ2n) is 22.5. The molecule has 5 N–H and O–H groups in total. The van der Waals surface area contributed by atoms with E-state index in [1.807, 2.05) is 223 Å². The van der Waals surface area contributed by atoms with Crippen LogP contribution >= 0.6 is 0 Å². The minimum absolute atomic E-state index is 0. The molecule has 0 atom stereocenters. The second-order valence-corrected chi connectivity index (χ2v) is 22.5. The number of aryl methyl sites for hydroxylation is 3. The molecule has 0 amide bonds. The van der Waals surface area contributed by atoms with Gasteiger partial charge in [-0.1, -0.05) is 164 Å². The van der Waals surface area contributed by atoms with Crippen molar-refractivity contribution < 1.29 is 128 Å². The predicted molar refractivity (Wildman–Crippen MR) is 385 cm³/mol. The summed E-state index contributed by atoms with van der Waals surface area (Å²) in [7, 11) is 5.54. The zero-order chi connectivity index (χ0) is 66.7. The summed E-state index contributed by atoms with van der Waals surface area (Å²) in [5, 5.41) is 51.5. The smallest absolute Gasteiger partial charge is 0.149 e. The summed E-state index contributed by atoms with van der Waals surface area (Å²) in [4.78, 5) is 22.5. The van der Waals surface area contributed by atoms with Crippen molar-refractivity contribution in [2.24, 2.45) is 14.1 Å². The minimum Gasteiger partial charge on any atom is -0.507 e. The number of aromatic hydroxyl groups is 5. The van der Waals surface area contributed by atoms with E-state index in [0.717, 1.165) is 107 Å². The van der Waals surface area contributed by atoms with Gasteiger partial charge in [0.25, 0.3) is 0 Å². The molecule has 16 aromatic rings. The van der Waals surface area contributed by atoms with Crippen LogP contribution in [0.1, 0.15) is 11.1 Å². The number of pyridine rings is 2. The third-order valence-electron chi connectivity index (χ3n) is 16.4. The maximum atomic E-state index is 10.3. The van der Waals surface area contributed by atoms with Gasteiger partial charge in [0.2, 0.25) is 0 Å². The fourth-order valence-electron chi connectivity index (χ4n) is 11.8. The molecule has 5 aromatic heterocycles. The maximum Gasteiger partial charge on any atom is 0.149 e. The molecule has 101 heavy (non-hydrogen) atoms. The number of hydrogen-bond acceptors (Lipinski definition) is 11. The number of para-hydroxylation sites is 8. The van der Waals surface area contributed by atoms with Crippen LogP contribution in [0, 0.1) is 13.8 Å². The number of benzene rings is 11. The van der Waals surface area contributed by atoms with Crippen LogP contribution in [0.5, 0.6) is 34.5 Å². The largest absolute Gasteiger partial charge is 0.507 e. The molecule has 0 spiro atoms. The van der Waals surface area contributed by atoms with Crippen LogP contribution in [0.15, 0.2) is 291 Å². The Morgan fingerprint density at radius 1 is 0.337 bits per heavy atom. The Kier molecular flexibility index (Phi) is 28.5. The van der Waals surface area contributed by atoms with Crippen LogP contribution in [0.2, 0.25) is 0 Å². The normalized spacial score (nSPS) is 10.2. The number of methoxy groups -OCH3 is 1. The summed E-state index contributed by atoms with van der Waals surface area (Å²) in [6.07, 6.45) is 3.35. The molecule has 11 aromatic carbocycles. The third-order valence-corrected chi connectivity index (χ3v) is 16.4. The van der Waals surface area contributed by atoms with E-state index in [1.165, 1.54) is 16.7 Å². The Bertz CT molecular complexity index is 5370. The van der Waals surface area contributed by atoms with Gasteiger partial charge in [-0.05, 0) is 151 Å².